The van der Waals surface area contributed by atoms with Crippen LogP contribution in [0.2, 0.25) is 10.0 Å². The van der Waals surface area contributed by atoms with E-state index in [0.717, 1.165) is 0 Å². The first-order valence-electron chi connectivity index (χ1n) is 6.36. The van der Waals surface area contributed by atoms with Crippen LogP contribution in [0.15, 0.2) is 18.2 Å². The van der Waals surface area contributed by atoms with E-state index in [2.05, 4.69) is 29.4 Å². The molecule has 0 atom stereocenters. The van der Waals surface area contributed by atoms with Crippen molar-refractivity contribution in [2.24, 2.45) is 0 Å². The van der Waals surface area contributed by atoms with E-state index in [9.17, 15) is 4.79 Å². The molecule has 0 heterocycles. The molecule has 0 spiro atoms. The van der Waals surface area contributed by atoms with Crippen LogP contribution in [0.3, 0.4) is 0 Å². The predicted molar refractivity (Wildman–Crippen MR) is 85.7 cm³/mol. The zero-order chi connectivity index (χ0) is 15.3. The molecular weight excluding hydrogens is 297 g/mol. The number of halogens is 2. The fourth-order valence-corrected chi connectivity index (χ4v) is 1.93. The van der Waals surface area contributed by atoms with Gasteiger partial charge in [0.25, 0.3) is 0 Å². The van der Waals surface area contributed by atoms with E-state index < -0.39 is 0 Å². The first kappa shape index (κ1) is 17.2. The Labute approximate surface area is 130 Å². The van der Waals surface area contributed by atoms with Crippen LogP contribution >= 0.6 is 23.2 Å². The summed E-state index contributed by atoms with van der Waals surface area (Å²) in [7, 11) is 4.01. The van der Waals surface area contributed by atoms with E-state index in [4.69, 9.17) is 23.2 Å². The molecule has 0 saturated carbocycles. The van der Waals surface area contributed by atoms with Crippen molar-refractivity contribution in [1.82, 2.24) is 10.2 Å². The normalized spacial score (nSPS) is 11.8. The number of anilines is 1. The average molecular weight is 318 g/mol. The highest BCUT2D eigenvalue weighted by Gasteiger charge is 2.20. The lowest BCUT2D eigenvalue weighted by atomic mass is 10.0. The van der Waals surface area contributed by atoms with Gasteiger partial charge < -0.3 is 15.5 Å². The molecule has 0 aliphatic rings. The lowest BCUT2D eigenvalue weighted by Gasteiger charge is -2.32. The Morgan fingerprint density at radius 1 is 1.25 bits per heavy atom. The van der Waals surface area contributed by atoms with Crippen molar-refractivity contribution in [2.75, 3.05) is 32.5 Å². The van der Waals surface area contributed by atoms with Crippen LogP contribution < -0.4 is 10.6 Å². The highest BCUT2D eigenvalue weighted by molar-refractivity contribution is 6.39. The molecule has 2 N–H and O–H groups in total. The summed E-state index contributed by atoms with van der Waals surface area (Å²) >= 11 is 12.0. The first-order chi connectivity index (χ1) is 9.24. The number of likely N-dealkylation sites (N-methyl/N-ethyl adjacent to an activating group) is 1. The smallest absolute Gasteiger partial charge is 0.238 e. The van der Waals surface area contributed by atoms with Crippen molar-refractivity contribution < 1.29 is 4.79 Å². The number of rotatable bonds is 6. The number of hydrogen-bond acceptors (Lipinski definition) is 3. The molecule has 0 saturated heterocycles. The summed E-state index contributed by atoms with van der Waals surface area (Å²) in [6.07, 6.45) is 0. The van der Waals surface area contributed by atoms with Gasteiger partial charge in [-0.2, -0.15) is 0 Å². The third-order valence-corrected chi connectivity index (χ3v) is 3.91. The largest absolute Gasteiger partial charge is 0.322 e. The Morgan fingerprint density at radius 2 is 1.80 bits per heavy atom. The summed E-state index contributed by atoms with van der Waals surface area (Å²) in [5.41, 5.74) is 0.428. The molecule has 1 amide bonds. The molecule has 112 valence electrons. The van der Waals surface area contributed by atoms with Crippen molar-refractivity contribution in [3.05, 3.63) is 28.2 Å². The number of carbonyl (C=O) groups excluding carboxylic acids is 1. The summed E-state index contributed by atoms with van der Waals surface area (Å²) in [6.45, 7) is 5.11. The van der Waals surface area contributed by atoms with Gasteiger partial charge in [0.2, 0.25) is 5.91 Å². The van der Waals surface area contributed by atoms with Gasteiger partial charge in [0, 0.05) is 12.1 Å². The quantitative estimate of drug-likeness (QED) is 0.848. The summed E-state index contributed by atoms with van der Waals surface area (Å²) in [5.74, 6) is -0.172. The molecular formula is C14H21Cl2N3O. The fraction of sp³-hybridized carbons (Fsp3) is 0.500. The second-order valence-corrected chi connectivity index (χ2v) is 6.27. The third-order valence-electron chi connectivity index (χ3n) is 3.28. The molecule has 0 aliphatic carbocycles. The summed E-state index contributed by atoms with van der Waals surface area (Å²) < 4.78 is 0. The zero-order valence-electron chi connectivity index (χ0n) is 12.3. The number of carbonyl (C=O) groups is 1. The van der Waals surface area contributed by atoms with Crippen molar-refractivity contribution in [3.63, 3.8) is 0 Å². The SMILES string of the molecule is CN(C)C(C)(C)CNCC(=O)Nc1c(Cl)cccc1Cl. The molecule has 0 aliphatic heterocycles. The molecule has 0 unspecified atom stereocenters. The van der Waals surface area contributed by atoms with Crippen LogP contribution in [-0.2, 0) is 4.79 Å². The van der Waals surface area contributed by atoms with E-state index in [-0.39, 0.29) is 18.0 Å². The third kappa shape index (κ3) is 4.94. The molecule has 4 nitrogen and oxygen atoms in total. The van der Waals surface area contributed by atoms with Crippen LogP contribution in [0.5, 0.6) is 0 Å². The van der Waals surface area contributed by atoms with Gasteiger partial charge in [-0.25, -0.2) is 0 Å². The first-order valence-corrected chi connectivity index (χ1v) is 7.11. The Hall–Kier alpha value is -0.810. The van der Waals surface area contributed by atoms with Crippen LogP contribution in [-0.4, -0.2) is 43.5 Å². The standard InChI is InChI=1S/C14H21Cl2N3O/c1-14(2,19(3)4)9-17-8-12(20)18-13-10(15)6-5-7-11(13)16/h5-7,17H,8-9H2,1-4H3,(H,18,20). The number of amides is 1. The number of benzene rings is 1. The molecule has 1 aromatic rings. The topological polar surface area (TPSA) is 44.4 Å². The molecule has 0 aromatic heterocycles. The predicted octanol–water partition coefficient (Wildman–Crippen LogP) is 2.86. The number of hydrogen-bond donors (Lipinski definition) is 2. The van der Waals surface area contributed by atoms with Crippen LogP contribution in [0.25, 0.3) is 0 Å². The van der Waals surface area contributed by atoms with E-state index in [1.54, 1.807) is 18.2 Å². The fourth-order valence-electron chi connectivity index (χ4n) is 1.44. The van der Waals surface area contributed by atoms with Crippen LogP contribution in [0, 0.1) is 0 Å². The Bertz CT molecular complexity index is 455. The van der Waals surface area contributed by atoms with Gasteiger partial charge in [0.1, 0.15) is 0 Å². The number of para-hydroxylation sites is 1. The second-order valence-electron chi connectivity index (χ2n) is 5.46. The zero-order valence-corrected chi connectivity index (χ0v) is 13.8. The summed E-state index contributed by atoms with van der Waals surface area (Å²) in [5, 5.41) is 6.70. The maximum Gasteiger partial charge on any atom is 0.238 e. The molecule has 0 fully saturated rings. The van der Waals surface area contributed by atoms with Gasteiger partial charge in [-0.1, -0.05) is 29.3 Å². The second kappa shape index (κ2) is 7.27. The maximum atomic E-state index is 11.9. The van der Waals surface area contributed by atoms with Gasteiger partial charge in [0.15, 0.2) is 0 Å². The minimum absolute atomic E-state index is 0.0255. The minimum Gasteiger partial charge on any atom is -0.322 e. The Kier molecular flexibility index (Phi) is 6.27. The molecule has 0 bridgehead atoms. The van der Waals surface area contributed by atoms with E-state index in [0.29, 0.717) is 22.3 Å². The minimum atomic E-state index is -0.172. The summed E-state index contributed by atoms with van der Waals surface area (Å²) in [4.78, 5) is 14.0. The van der Waals surface area contributed by atoms with Crippen molar-refractivity contribution in [2.45, 2.75) is 19.4 Å². The Morgan fingerprint density at radius 3 is 2.30 bits per heavy atom. The maximum absolute atomic E-state index is 11.9. The van der Waals surface area contributed by atoms with Gasteiger partial charge in [-0.15, -0.1) is 0 Å². The van der Waals surface area contributed by atoms with Gasteiger partial charge in [-0.05, 0) is 40.1 Å². The van der Waals surface area contributed by atoms with Gasteiger partial charge in [-0.3, -0.25) is 4.79 Å². The van der Waals surface area contributed by atoms with Gasteiger partial charge in [0.05, 0.1) is 22.3 Å². The number of nitrogens with zero attached hydrogens (tertiary/aromatic N) is 1. The molecule has 20 heavy (non-hydrogen) atoms. The number of nitrogens with one attached hydrogen (secondary N) is 2. The lowest BCUT2D eigenvalue weighted by Crippen LogP contribution is -2.48. The molecule has 1 aromatic carbocycles. The van der Waals surface area contributed by atoms with Crippen LogP contribution in [0.4, 0.5) is 5.69 Å². The molecule has 1 rings (SSSR count). The van der Waals surface area contributed by atoms with Crippen molar-refractivity contribution >= 4 is 34.8 Å². The monoisotopic (exact) mass is 317 g/mol. The van der Waals surface area contributed by atoms with Crippen molar-refractivity contribution in [1.29, 1.82) is 0 Å². The highest BCUT2D eigenvalue weighted by atomic mass is 35.5. The highest BCUT2D eigenvalue weighted by Crippen LogP contribution is 2.29. The Balaban J connectivity index is 2.49. The van der Waals surface area contributed by atoms with E-state index >= 15 is 0 Å². The molecule has 6 heteroatoms. The van der Waals surface area contributed by atoms with Crippen LogP contribution in [0.1, 0.15) is 13.8 Å². The van der Waals surface area contributed by atoms with Gasteiger partial charge >= 0.3 is 0 Å². The lowest BCUT2D eigenvalue weighted by molar-refractivity contribution is -0.115. The summed E-state index contributed by atoms with van der Waals surface area (Å²) in [6, 6.07) is 5.11. The molecule has 0 radical (unpaired) electrons. The van der Waals surface area contributed by atoms with Crippen molar-refractivity contribution in [3.8, 4) is 0 Å². The average Bonchev–Trinajstić information content (AvgIpc) is 2.33. The van der Waals surface area contributed by atoms with E-state index in [1.165, 1.54) is 0 Å². The van der Waals surface area contributed by atoms with E-state index in [1.807, 2.05) is 14.1 Å².